The summed E-state index contributed by atoms with van der Waals surface area (Å²) in [6, 6.07) is 11.3. The van der Waals surface area contributed by atoms with Gasteiger partial charge in [0.1, 0.15) is 11.4 Å². The third kappa shape index (κ3) is 5.81. The lowest BCUT2D eigenvalue weighted by atomic mass is 10.1. The second-order valence-electron chi connectivity index (χ2n) is 5.60. The minimum absolute atomic E-state index is 0.340. The highest BCUT2D eigenvalue weighted by atomic mass is 16.5. The second kappa shape index (κ2) is 9.72. The van der Waals surface area contributed by atoms with E-state index < -0.39 is 0 Å². The fraction of sp³-hybridized carbons (Fsp3) is 0.421. The predicted molar refractivity (Wildman–Crippen MR) is 91.7 cm³/mol. The molecule has 1 aromatic carbocycles. The number of unbranched alkanes of at least 4 members (excludes halogenated alkanes) is 5. The quantitative estimate of drug-likeness (QED) is 0.471. The smallest absolute Gasteiger partial charge is 0.170 e. The normalized spacial score (nSPS) is 10.5. The van der Waals surface area contributed by atoms with E-state index in [9.17, 15) is 4.79 Å². The molecular formula is C19H24N2O2. The van der Waals surface area contributed by atoms with Gasteiger partial charge >= 0.3 is 0 Å². The van der Waals surface area contributed by atoms with Crippen molar-refractivity contribution in [2.24, 2.45) is 0 Å². The van der Waals surface area contributed by atoms with Gasteiger partial charge in [-0.25, -0.2) is 0 Å². The van der Waals surface area contributed by atoms with E-state index in [2.05, 4.69) is 17.1 Å². The molecule has 0 saturated heterocycles. The van der Waals surface area contributed by atoms with Crippen LogP contribution in [-0.2, 0) is 0 Å². The van der Waals surface area contributed by atoms with E-state index in [-0.39, 0.29) is 0 Å². The average molecular weight is 312 g/mol. The monoisotopic (exact) mass is 312 g/mol. The Balaban J connectivity index is 1.76. The molecule has 122 valence electrons. The molecule has 4 heteroatoms. The van der Waals surface area contributed by atoms with Crippen molar-refractivity contribution in [3.8, 4) is 17.0 Å². The zero-order chi connectivity index (χ0) is 16.3. The van der Waals surface area contributed by atoms with Crippen LogP contribution in [0.25, 0.3) is 11.3 Å². The standard InChI is InChI=1S/C19H24N2O2/c1-2-3-4-5-6-7-14-23-18-11-8-16(9-12-18)19-13-10-17(15-22)20-21-19/h8-13,15H,2-7,14H2,1H3. The first-order valence-electron chi connectivity index (χ1n) is 8.35. The van der Waals surface area contributed by atoms with Gasteiger partial charge in [-0.1, -0.05) is 39.0 Å². The van der Waals surface area contributed by atoms with Gasteiger partial charge < -0.3 is 4.74 Å². The van der Waals surface area contributed by atoms with E-state index in [1.807, 2.05) is 24.3 Å². The SMILES string of the molecule is CCCCCCCCOc1ccc(-c2ccc(C=O)nn2)cc1. The molecule has 0 saturated carbocycles. The second-order valence-corrected chi connectivity index (χ2v) is 5.60. The van der Waals surface area contributed by atoms with E-state index in [0.717, 1.165) is 30.0 Å². The lowest BCUT2D eigenvalue weighted by Crippen LogP contribution is -1.97. The van der Waals surface area contributed by atoms with Crippen molar-refractivity contribution in [1.29, 1.82) is 0 Å². The molecule has 0 spiro atoms. The maximum absolute atomic E-state index is 10.6. The molecule has 0 aliphatic heterocycles. The van der Waals surface area contributed by atoms with Crippen LogP contribution in [0.4, 0.5) is 0 Å². The molecule has 0 bridgehead atoms. The van der Waals surface area contributed by atoms with Crippen LogP contribution in [0.15, 0.2) is 36.4 Å². The van der Waals surface area contributed by atoms with E-state index >= 15 is 0 Å². The number of carbonyl (C=O) groups excluding carboxylic acids is 1. The number of rotatable bonds is 10. The van der Waals surface area contributed by atoms with Gasteiger partial charge in [0.05, 0.1) is 12.3 Å². The van der Waals surface area contributed by atoms with Gasteiger partial charge in [-0.2, -0.15) is 0 Å². The molecule has 0 aliphatic rings. The van der Waals surface area contributed by atoms with Crippen LogP contribution in [0.3, 0.4) is 0 Å². The number of aldehydes is 1. The van der Waals surface area contributed by atoms with Gasteiger partial charge in [0.2, 0.25) is 0 Å². The van der Waals surface area contributed by atoms with Gasteiger partial charge in [0, 0.05) is 5.56 Å². The topological polar surface area (TPSA) is 52.1 Å². The Hall–Kier alpha value is -2.23. The van der Waals surface area contributed by atoms with Crippen molar-refractivity contribution in [3.63, 3.8) is 0 Å². The molecule has 2 aromatic rings. The number of hydrogen-bond acceptors (Lipinski definition) is 4. The Bertz CT molecular complexity index is 579. The molecule has 0 aliphatic carbocycles. The van der Waals surface area contributed by atoms with Crippen molar-refractivity contribution in [3.05, 3.63) is 42.1 Å². The van der Waals surface area contributed by atoms with Crippen molar-refractivity contribution in [1.82, 2.24) is 10.2 Å². The van der Waals surface area contributed by atoms with Crippen LogP contribution < -0.4 is 4.74 Å². The van der Waals surface area contributed by atoms with Gasteiger partial charge in [-0.15, -0.1) is 10.2 Å². The highest BCUT2D eigenvalue weighted by Gasteiger charge is 2.02. The summed E-state index contributed by atoms with van der Waals surface area (Å²) in [5.41, 5.74) is 2.05. The third-order valence-electron chi connectivity index (χ3n) is 3.72. The largest absolute Gasteiger partial charge is 0.494 e. The Kier molecular flexibility index (Phi) is 7.24. The summed E-state index contributed by atoms with van der Waals surface area (Å²) in [6.07, 6.45) is 8.27. The van der Waals surface area contributed by atoms with Crippen LogP contribution >= 0.6 is 0 Å². The van der Waals surface area contributed by atoms with Gasteiger partial charge in [0.15, 0.2) is 6.29 Å². The predicted octanol–water partition coefficient (Wildman–Crippen LogP) is 4.70. The Morgan fingerprint density at radius 2 is 1.65 bits per heavy atom. The van der Waals surface area contributed by atoms with Crippen LogP contribution in [0.1, 0.15) is 55.9 Å². The maximum Gasteiger partial charge on any atom is 0.170 e. The summed E-state index contributed by atoms with van der Waals surface area (Å²) in [5.74, 6) is 0.875. The lowest BCUT2D eigenvalue weighted by molar-refractivity contribution is 0.111. The number of benzene rings is 1. The van der Waals surface area contributed by atoms with Crippen molar-refractivity contribution >= 4 is 6.29 Å². The average Bonchev–Trinajstić information content (AvgIpc) is 2.61. The minimum Gasteiger partial charge on any atom is -0.494 e. The number of carbonyl (C=O) groups is 1. The Labute approximate surface area is 137 Å². The molecular weight excluding hydrogens is 288 g/mol. The number of hydrogen-bond donors (Lipinski definition) is 0. The highest BCUT2D eigenvalue weighted by molar-refractivity contribution is 5.72. The summed E-state index contributed by atoms with van der Waals surface area (Å²) < 4.78 is 5.76. The van der Waals surface area contributed by atoms with E-state index in [0.29, 0.717) is 12.0 Å². The van der Waals surface area contributed by atoms with E-state index in [1.165, 1.54) is 32.1 Å². The molecule has 0 unspecified atom stereocenters. The molecule has 2 rings (SSSR count). The molecule has 4 nitrogen and oxygen atoms in total. The number of nitrogens with zero attached hydrogens (tertiary/aromatic N) is 2. The number of ether oxygens (including phenoxy) is 1. The maximum atomic E-state index is 10.6. The summed E-state index contributed by atoms with van der Waals surface area (Å²) in [6.45, 7) is 2.99. The van der Waals surface area contributed by atoms with Gasteiger partial charge in [-0.3, -0.25) is 4.79 Å². The van der Waals surface area contributed by atoms with Crippen molar-refractivity contribution in [2.75, 3.05) is 6.61 Å². The molecule has 0 amide bonds. The zero-order valence-corrected chi connectivity index (χ0v) is 13.7. The molecule has 0 N–H and O–H groups in total. The number of aromatic nitrogens is 2. The third-order valence-corrected chi connectivity index (χ3v) is 3.72. The minimum atomic E-state index is 0.340. The Morgan fingerprint density at radius 3 is 2.30 bits per heavy atom. The molecule has 1 aromatic heterocycles. The summed E-state index contributed by atoms with van der Waals surface area (Å²) in [7, 11) is 0. The first-order chi connectivity index (χ1) is 11.3. The first kappa shape index (κ1) is 17.1. The van der Waals surface area contributed by atoms with Gasteiger partial charge in [-0.05, 0) is 42.8 Å². The van der Waals surface area contributed by atoms with E-state index in [1.54, 1.807) is 12.1 Å². The molecule has 23 heavy (non-hydrogen) atoms. The lowest BCUT2D eigenvalue weighted by Gasteiger charge is -2.07. The van der Waals surface area contributed by atoms with Crippen LogP contribution in [0.2, 0.25) is 0 Å². The first-order valence-corrected chi connectivity index (χ1v) is 8.35. The highest BCUT2D eigenvalue weighted by Crippen LogP contribution is 2.20. The summed E-state index contributed by atoms with van der Waals surface area (Å²) >= 11 is 0. The van der Waals surface area contributed by atoms with Crippen LogP contribution in [0.5, 0.6) is 5.75 Å². The fourth-order valence-corrected chi connectivity index (χ4v) is 2.35. The fourth-order valence-electron chi connectivity index (χ4n) is 2.35. The van der Waals surface area contributed by atoms with Crippen LogP contribution in [-0.4, -0.2) is 23.1 Å². The molecule has 1 heterocycles. The molecule has 0 fully saturated rings. The zero-order valence-electron chi connectivity index (χ0n) is 13.7. The van der Waals surface area contributed by atoms with Crippen molar-refractivity contribution in [2.45, 2.75) is 45.4 Å². The summed E-state index contributed by atoms with van der Waals surface area (Å²) in [5, 5.41) is 7.88. The summed E-state index contributed by atoms with van der Waals surface area (Å²) in [4.78, 5) is 10.6. The molecule has 0 radical (unpaired) electrons. The Morgan fingerprint density at radius 1 is 0.913 bits per heavy atom. The molecule has 0 atom stereocenters. The van der Waals surface area contributed by atoms with E-state index in [4.69, 9.17) is 4.74 Å². The van der Waals surface area contributed by atoms with Gasteiger partial charge in [0.25, 0.3) is 0 Å². The van der Waals surface area contributed by atoms with Crippen molar-refractivity contribution < 1.29 is 9.53 Å². The van der Waals surface area contributed by atoms with Crippen LogP contribution in [0, 0.1) is 0 Å².